The monoisotopic (exact) mass is 372 g/mol. The number of benzene rings is 1. The van der Waals surface area contributed by atoms with Crippen molar-refractivity contribution in [2.45, 2.75) is 18.6 Å². The van der Waals surface area contributed by atoms with Gasteiger partial charge < -0.3 is 15.7 Å². The molecule has 2 aromatic rings. The van der Waals surface area contributed by atoms with Gasteiger partial charge in [-0.25, -0.2) is 9.78 Å². The Hall–Kier alpha value is -2.38. The summed E-state index contributed by atoms with van der Waals surface area (Å²) in [6.07, 6.45) is -4.03. The Morgan fingerprint density at radius 3 is 2.68 bits per heavy atom. The SMILES string of the molecule is N#CC(Nc1nc2ccccc2s1)C1CCNC1.O=C(O)C(F)(F)F. The number of aliphatic carboxylic acids is 1. The largest absolute Gasteiger partial charge is 0.490 e. The van der Waals surface area contributed by atoms with Crippen molar-refractivity contribution in [1.29, 1.82) is 5.26 Å². The molecule has 3 rings (SSSR count). The second kappa shape index (κ2) is 8.13. The van der Waals surface area contributed by atoms with E-state index < -0.39 is 12.1 Å². The average molecular weight is 372 g/mol. The highest BCUT2D eigenvalue weighted by Crippen LogP contribution is 2.27. The lowest BCUT2D eigenvalue weighted by molar-refractivity contribution is -0.192. The Balaban J connectivity index is 0.000000277. The molecule has 0 saturated carbocycles. The van der Waals surface area contributed by atoms with Crippen LogP contribution in [-0.4, -0.2) is 41.4 Å². The number of aromatic nitrogens is 1. The van der Waals surface area contributed by atoms with Crippen molar-refractivity contribution in [1.82, 2.24) is 10.3 Å². The lowest BCUT2D eigenvalue weighted by Crippen LogP contribution is -2.29. The third-order valence-electron chi connectivity index (χ3n) is 3.52. The van der Waals surface area contributed by atoms with Gasteiger partial charge in [0.05, 0.1) is 16.3 Å². The zero-order chi connectivity index (χ0) is 18.4. The lowest BCUT2D eigenvalue weighted by atomic mass is 10.0. The van der Waals surface area contributed by atoms with Crippen LogP contribution in [0.5, 0.6) is 0 Å². The van der Waals surface area contributed by atoms with E-state index in [2.05, 4.69) is 27.8 Å². The number of carbonyl (C=O) groups is 1. The predicted molar refractivity (Wildman–Crippen MR) is 87.3 cm³/mol. The molecule has 25 heavy (non-hydrogen) atoms. The molecule has 1 aliphatic heterocycles. The molecule has 3 N–H and O–H groups in total. The first-order chi connectivity index (χ1) is 11.8. The van der Waals surface area contributed by atoms with E-state index in [0.29, 0.717) is 5.92 Å². The summed E-state index contributed by atoms with van der Waals surface area (Å²) >= 11 is 1.61. The number of hydrogen-bond acceptors (Lipinski definition) is 6. The molecular formula is C15H15F3N4O2S. The molecule has 1 aliphatic rings. The molecule has 0 radical (unpaired) electrons. The topological polar surface area (TPSA) is 98.0 Å². The molecule has 1 aromatic carbocycles. The number of nitrogens with zero attached hydrogens (tertiary/aromatic N) is 2. The number of anilines is 1. The molecule has 1 saturated heterocycles. The van der Waals surface area contributed by atoms with Crippen molar-refractivity contribution in [2.75, 3.05) is 18.4 Å². The number of hydrogen-bond donors (Lipinski definition) is 3. The number of carboxylic acid groups (broad SMARTS) is 1. The predicted octanol–water partition coefficient (Wildman–Crippen LogP) is 2.84. The quantitative estimate of drug-likeness (QED) is 0.766. The van der Waals surface area contributed by atoms with Gasteiger partial charge in [-0.05, 0) is 25.1 Å². The number of para-hydroxylation sites is 1. The molecule has 0 aliphatic carbocycles. The molecular weight excluding hydrogens is 357 g/mol. The third kappa shape index (κ3) is 5.30. The van der Waals surface area contributed by atoms with Gasteiger partial charge in [-0.15, -0.1) is 0 Å². The maximum Gasteiger partial charge on any atom is 0.490 e. The summed E-state index contributed by atoms with van der Waals surface area (Å²) in [5.41, 5.74) is 0.992. The van der Waals surface area contributed by atoms with Gasteiger partial charge in [0.2, 0.25) is 0 Å². The highest BCUT2D eigenvalue weighted by Gasteiger charge is 2.38. The van der Waals surface area contributed by atoms with E-state index in [4.69, 9.17) is 9.90 Å². The number of nitriles is 1. The molecule has 134 valence electrons. The molecule has 2 heterocycles. The third-order valence-corrected chi connectivity index (χ3v) is 4.49. The molecule has 1 aromatic heterocycles. The Morgan fingerprint density at radius 2 is 2.16 bits per heavy atom. The summed E-state index contributed by atoms with van der Waals surface area (Å²) in [5, 5.41) is 23.8. The van der Waals surface area contributed by atoms with Crippen LogP contribution in [0.25, 0.3) is 10.2 Å². The van der Waals surface area contributed by atoms with E-state index in [0.717, 1.165) is 34.9 Å². The molecule has 0 bridgehead atoms. The summed E-state index contributed by atoms with van der Waals surface area (Å²) in [7, 11) is 0. The first-order valence-electron chi connectivity index (χ1n) is 7.34. The number of fused-ring (bicyclic) bond motifs is 1. The van der Waals surface area contributed by atoms with Crippen LogP contribution in [0.4, 0.5) is 18.3 Å². The summed E-state index contributed by atoms with van der Waals surface area (Å²) in [5.74, 6) is -2.38. The fourth-order valence-corrected chi connectivity index (χ4v) is 3.19. The van der Waals surface area contributed by atoms with Crippen molar-refractivity contribution in [3.8, 4) is 6.07 Å². The number of halogens is 3. The molecule has 1 fully saturated rings. The van der Waals surface area contributed by atoms with Gasteiger partial charge in [0.15, 0.2) is 5.13 Å². The lowest BCUT2D eigenvalue weighted by Gasteiger charge is -2.16. The second-order valence-electron chi connectivity index (χ2n) is 5.29. The van der Waals surface area contributed by atoms with Gasteiger partial charge in [-0.2, -0.15) is 18.4 Å². The van der Waals surface area contributed by atoms with E-state index in [1.54, 1.807) is 11.3 Å². The molecule has 0 spiro atoms. The van der Waals surface area contributed by atoms with Crippen LogP contribution >= 0.6 is 11.3 Å². The van der Waals surface area contributed by atoms with Crippen LogP contribution < -0.4 is 10.6 Å². The van der Waals surface area contributed by atoms with Crippen LogP contribution in [0.3, 0.4) is 0 Å². The molecule has 0 amide bonds. The van der Waals surface area contributed by atoms with Gasteiger partial charge >= 0.3 is 12.1 Å². The Labute approximate surface area is 145 Å². The van der Waals surface area contributed by atoms with E-state index in [1.165, 1.54) is 0 Å². The zero-order valence-electron chi connectivity index (χ0n) is 12.9. The van der Waals surface area contributed by atoms with Crippen LogP contribution in [0, 0.1) is 17.2 Å². The van der Waals surface area contributed by atoms with E-state index in [1.807, 2.05) is 18.2 Å². The minimum Gasteiger partial charge on any atom is -0.475 e. The smallest absolute Gasteiger partial charge is 0.475 e. The normalized spacial score (nSPS) is 18.1. The number of nitrogens with one attached hydrogen (secondary N) is 2. The van der Waals surface area contributed by atoms with Gasteiger partial charge in [0.1, 0.15) is 6.04 Å². The summed E-state index contributed by atoms with van der Waals surface area (Å²) in [6, 6.07) is 10.2. The minimum atomic E-state index is -5.08. The number of thiazole rings is 1. The maximum atomic E-state index is 10.6. The first kappa shape index (κ1) is 19.0. The summed E-state index contributed by atoms with van der Waals surface area (Å²) in [4.78, 5) is 13.4. The van der Waals surface area contributed by atoms with Crippen LogP contribution in [0.1, 0.15) is 6.42 Å². The summed E-state index contributed by atoms with van der Waals surface area (Å²) < 4.78 is 32.9. The Bertz CT molecular complexity index is 733. The fraction of sp³-hybridized carbons (Fsp3) is 0.400. The van der Waals surface area contributed by atoms with Crippen molar-refractivity contribution < 1.29 is 23.1 Å². The highest BCUT2D eigenvalue weighted by molar-refractivity contribution is 7.22. The number of alkyl halides is 3. The minimum absolute atomic E-state index is 0.152. The average Bonchev–Trinajstić information content (AvgIpc) is 3.21. The zero-order valence-corrected chi connectivity index (χ0v) is 13.7. The summed E-state index contributed by atoms with van der Waals surface area (Å²) in [6.45, 7) is 1.92. The van der Waals surface area contributed by atoms with Gasteiger partial charge in [-0.3, -0.25) is 0 Å². The molecule has 6 nitrogen and oxygen atoms in total. The van der Waals surface area contributed by atoms with Crippen LogP contribution in [0.2, 0.25) is 0 Å². The first-order valence-corrected chi connectivity index (χ1v) is 8.15. The molecule has 2 atom stereocenters. The highest BCUT2D eigenvalue weighted by atomic mass is 32.1. The van der Waals surface area contributed by atoms with Crippen molar-refractivity contribution in [2.24, 2.45) is 5.92 Å². The Morgan fingerprint density at radius 1 is 1.48 bits per heavy atom. The molecule has 2 unspecified atom stereocenters. The van der Waals surface area contributed by atoms with Crippen LogP contribution in [-0.2, 0) is 4.79 Å². The van der Waals surface area contributed by atoms with Gasteiger partial charge in [-0.1, -0.05) is 23.5 Å². The van der Waals surface area contributed by atoms with E-state index in [9.17, 15) is 18.4 Å². The van der Waals surface area contributed by atoms with Gasteiger partial charge in [0, 0.05) is 12.5 Å². The Kier molecular flexibility index (Phi) is 6.17. The fourth-order valence-electron chi connectivity index (χ4n) is 2.28. The van der Waals surface area contributed by atoms with Crippen molar-refractivity contribution in [3.05, 3.63) is 24.3 Å². The number of rotatable bonds is 3. The van der Waals surface area contributed by atoms with Crippen molar-refractivity contribution >= 4 is 32.7 Å². The van der Waals surface area contributed by atoms with Gasteiger partial charge in [0.25, 0.3) is 0 Å². The van der Waals surface area contributed by atoms with Crippen LogP contribution in [0.15, 0.2) is 24.3 Å². The second-order valence-corrected chi connectivity index (χ2v) is 6.32. The number of carboxylic acids is 1. The van der Waals surface area contributed by atoms with E-state index in [-0.39, 0.29) is 6.04 Å². The maximum absolute atomic E-state index is 10.6. The van der Waals surface area contributed by atoms with Crippen molar-refractivity contribution in [3.63, 3.8) is 0 Å². The van der Waals surface area contributed by atoms with E-state index >= 15 is 0 Å². The standard InChI is InChI=1S/C13H14N4S.C2HF3O2/c14-7-11(9-5-6-15-8-9)17-13-16-10-3-1-2-4-12(10)18-13;3-2(4,5)1(6)7/h1-4,9,11,15H,5-6,8H2,(H,16,17);(H,6,7). The molecule has 10 heteroatoms.